The van der Waals surface area contributed by atoms with Crippen LogP contribution in [0.15, 0.2) is 29.4 Å². The summed E-state index contributed by atoms with van der Waals surface area (Å²) in [6.07, 6.45) is 9.64. The van der Waals surface area contributed by atoms with Crippen molar-refractivity contribution in [1.82, 2.24) is 0 Å². The summed E-state index contributed by atoms with van der Waals surface area (Å²) in [6, 6.07) is 8.88. The standard InChI is InChI=1S/C30H42N2O2/c1-6-34-26(33)29(5)15-7-14-28(4)23(29)13-17-30-19-27(3,16-12-24(28)30)25-22(30)18-32(31-25)21-10-8-20(2)9-11-21/h8-11,22-24H,6-7,12-19H2,1-5H3/t22-,23+,24+,27+,28-,29-,30-/m1/s1. The van der Waals surface area contributed by atoms with E-state index in [9.17, 15) is 4.79 Å². The van der Waals surface area contributed by atoms with Crippen LogP contribution in [0.25, 0.3) is 0 Å². The fourth-order valence-electron chi connectivity index (χ4n) is 10.0. The summed E-state index contributed by atoms with van der Waals surface area (Å²) in [7, 11) is 0. The maximum absolute atomic E-state index is 13.2. The Hall–Kier alpha value is -1.84. The summed E-state index contributed by atoms with van der Waals surface area (Å²) in [5.41, 5.74) is 4.48. The molecule has 5 aliphatic rings. The number of esters is 1. The second-order valence-electron chi connectivity index (χ2n) is 13.1. The zero-order valence-electron chi connectivity index (χ0n) is 21.8. The van der Waals surface area contributed by atoms with Crippen LogP contribution in [0.4, 0.5) is 5.69 Å². The Morgan fingerprint density at radius 2 is 1.79 bits per heavy atom. The van der Waals surface area contributed by atoms with Gasteiger partial charge in [-0.15, -0.1) is 0 Å². The number of carbonyl (C=O) groups excluding carboxylic acids is 1. The lowest BCUT2D eigenvalue weighted by atomic mass is 9.39. The van der Waals surface area contributed by atoms with Crippen LogP contribution in [-0.4, -0.2) is 24.8 Å². The average molecular weight is 463 g/mol. The number of hydrogen-bond donors (Lipinski definition) is 0. The maximum atomic E-state index is 13.2. The van der Waals surface area contributed by atoms with E-state index in [2.05, 4.69) is 57.0 Å². The molecular formula is C30H42N2O2. The first-order chi connectivity index (χ1) is 16.2. The van der Waals surface area contributed by atoms with Crippen LogP contribution in [0.3, 0.4) is 0 Å². The van der Waals surface area contributed by atoms with Crippen LogP contribution in [0.2, 0.25) is 0 Å². The third-order valence-corrected chi connectivity index (χ3v) is 11.4. The predicted molar refractivity (Wildman–Crippen MR) is 137 cm³/mol. The van der Waals surface area contributed by atoms with E-state index in [-0.39, 0.29) is 22.2 Å². The molecule has 1 aromatic rings. The van der Waals surface area contributed by atoms with E-state index in [1.165, 1.54) is 49.1 Å². The van der Waals surface area contributed by atoms with Crippen LogP contribution in [0, 0.1) is 46.3 Å². The minimum Gasteiger partial charge on any atom is -0.466 e. The fourth-order valence-corrected chi connectivity index (χ4v) is 10.0. The second-order valence-corrected chi connectivity index (χ2v) is 13.1. The van der Waals surface area contributed by atoms with Gasteiger partial charge in [0, 0.05) is 17.0 Å². The van der Waals surface area contributed by atoms with E-state index < -0.39 is 0 Å². The zero-order chi connectivity index (χ0) is 23.9. The Balaban J connectivity index is 1.36. The molecule has 0 N–H and O–H groups in total. The molecule has 0 radical (unpaired) electrons. The van der Waals surface area contributed by atoms with Crippen molar-refractivity contribution in [3.63, 3.8) is 0 Å². The number of carbonyl (C=O) groups is 1. The van der Waals surface area contributed by atoms with Gasteiger partial charge in [0.1, 0.15) is 0 Å². The number of ether oxygens (including phenoxy) is 1. The van der Waals surface area contributed by atoms with Crippen molar-refractivity contribution < 1.29 is 9.53 Å². The van der Waals surface area contributed by atoms with E-state index >= 15 is 0 Å². The molecule has 184 valence electrons. The quantitative estimate of drug-likeness (QED) is 0.466. The Kier molecular flexibility index (Phi) is 4.88. The fraction of sp³-hybridized carbons (Fsp3) is 0.733. The summed E-state index contributed by atoms with van der Waals surface area (Å²) < 4.78 is 5.67. The monoisotopic (exact) mass is 462 g/mol. The van der Waals surface area contributed by atoms with Gasteiger partial charge in [0.2, 0.25) is 0 Å². The molecule has 1 spiro atoms. The van der Waals surface area contributed by atoms with Gasteiger partial charge in [-0.2, -0.15) is 5.10 Å². The van der Waals surface area contributed by atoms with E-state index in [1.54, 1.807) is 0 Å². The van der Waals surface area contributed by atoms with Gasteiger partial charge in [-0.25, -0.2) is 0 Å². The van der Waals surface area contributed by atoms with Gasteiger partial charge >= 0.3 is 5.97 Å². The van der Waals surface area contributed by atoms with Gasteiger partial charge in [0.15, 0.2) is 0 Å². The summed E-state index contributed by atoms with van der Waals surface area (Å²) in [5, 5.41) is 7.64. The van der Waals surface area contributed by atoms with Gasteiger partial charge < -0.3 is 4.74 Å². The molecule has 0 aromatic heterocycles. The van der Waals surface area contributed by atoms with Crippen molar-refractivity contribution in [1.29, 1.82) is 0 Å². The number of anilines is 1. The van der Waals surface area contributed by atoms with Crippen LogP contribution < -0.4 is 5.01 Å². The van der Waals surface area contributed by atoms with Gasteiger partial charge in [0.25, 0.3) is 0 Å². The molecule has 4 fully saturated rings. The van der Waals surface area contributed by atoms with E-state index in [0.717, 1.165) is 25.8 Å². The summed E-state index contributed by atoms with van der Waals surface area (Å²) >= 11 is 0. The molecule has 4 aliphatic carbocycles. The molecule has 6 rings (SSSR count). The molecule has 1 aromatic carbocycles. The first kappa shape index (κ1) is 22.6. The summed E-state index contributed by atoms with van der Waals surface area (Å²) in [4.78, 5) is 13.2. The molecule has 1 heterocycles. The van der Waals surface area contributed by atoms with Crippen molar-refractivity contribution in [3.05, 3.63) is 29.8 Å². The minimum absolute atomic E-state index is 0.0580. The highest BCUT2D eigenvalue weighted by atomic mass is 16.5. The first-order valence-corrected chi connectivity index (χ1v) is 13.8. The van der Waals surface area contributed by atoms with E-state index in [0.29, 0.717) is 29.8 Å². The lowest BCUT2D eigenvalue weighted by Gasteiger charge is -2.64. The molecule has 2 bridgehead atoms. The highest BCUT2D eigenvalue weighted by Gasteiger charge is 2.71. The van der Waals surface area contributed by atoms with Crippen molar-refractivity contribution in [2.24, 2.45) is 44.5 Å². The number of fused-ring (bicyclic) bond motifs is 5. The predicted octanol–water partition coefficient (Wildman–Crippen LogP) is 6.76. The highest BCUT2D eigenvalue weighted by molar-refractivity contribution is 5.98. The SMILES string of the molecule is CCOC(=O)[C@]1(C)CCC[C@@]2(C)[C@@H]3CC[C@@]4(C)C[C@]3(CC[C@@H]21)[C@@H]1CN(c2ccc(C)cc2)N=C14. The molecular weight excluding hydrogens is 420 g/mol. The number of hydrazone groups is 1. The van der Waals surface area contributed by atoms with Crippen LogP contribution in [0.1, 0.15) is 84.6 Å². The van der Waals surface area contributed by atoms with Gasteiger partial charge in [-0.05, 0) is 101 Å². The molecule has 0 saturated heterocycles. The molecule has 0 amide bonds. The smallest absolute Gasteiger partial charge is 0.312 e. The number of benzene rings is 1. The minimum atomic E-state index is -0.329. The van der Waals surface area contributed by atoms with E-state index in [4.69, 9.17) is 9.84 Å². The summed E-state index contributed by atoms with van der Waals surface area (Å²) in [6.45, 7) is 12.9. The molecule has 4 heteroatoms. The van der Waals surface area contributed by atoms with Crippen molar-refractivity contribution >= 4 is 17.4 Å². The molecule has 1 aliphatic heterocycles. The van der Waals surface area contributed by atoms with E-state index in [1.807, 2.05) is 6.92 Å². The Bertz CT molecular complexity index is 1030. The number of nitrogens with zero attached hydrogens (tertiary/aromatic N) is 2. The van der Waals surface area contributed by atoms with Gasteiger partial charge in [-0.3, -0.25) is 9.80 Å². The van der Waals surface area contributed by atoms with Crippen LogP contribution in [0.5, 0.6) is 0 Å². The molecule has 4 saturated carbocycles. The van der Waals surface area contributed by atoms with Crippen molar-refractivity contribution in [2.75, 3.05) is 18.2 Å². The number of rotatable bonds is 3. The maximum Gasteiger partial charge on any atom is 0.312 e. The zero-order valence-corrected chi connectivity index (χ0v) is 21.8. The lowest BCUT2D eigenvalue weighted by molar-refractivity contribution is -0.191. The van der Waals surface area contributed by atoms with Crippen LogP contribution in [-0.2, 0) is 9.53 Å². The molecule has 4 nitrogen and oxygen atoms in total. The molecule has 7 atom stereocenters. The third kappa shape index (κ3) is 2.83. The summed E-state index contributed by atoms with van der Waals surface area (Å²) in [5.74, 6) is 1.72. The second kappa shape index (κ2) is 7.34. The van der Waals surface area contributed by atoms with Gasteiger partial charge in [-0.1, -0.05) is 38.0 Å². The van der Waals surface area contributed by atoms with Gasteiger partial charge in [0.05, 0.1) is 24.3 Å². The van der Waals surface area contributed by atoms with Crippen LogP contribution >= 0.6 is 0 Å². The normalized spacial score (nSPS) is 44.7. The number of hydrogen-bond acceptors (Lipinski definition) is 4. The molecule has 34 heavy (non-hydrogen) atoms. The van der Waals surface area contributed by atoms with Crippen molar-refractivity contribution in [2.45, 2.75) is 86.0 Å². The topological polar surface area (TPSA) is 41.9 Å². The third-order valence-electron chi connectivity index (χ3n) is 11.4. The lowest BCUT2D eigenvalue weighted by Crippen LogP contribution is -2.60. The van der Waals surface area contributed by atoms with Crippen molar-refractivity contribution in [3.8, 4) is 0 Å². The Labute approximate surface area is 205 Å². The molecule has 0 unspecified atom stereocenters. The first-order valence-electron chi connectivity index (χ1n) is 13.8. The Morgan fingerprint density at radius 1 is 1.06 bits per heavy atom. The highest BCUT2D eigenvalue weighted by Crippen LogP contribution is 2.75. The average Bonchev–Trinajstić information content (AvgIpc) is 3.32. The Morgan fingerprint density at radius 3 is 2.53 bits per heavy atom. The number of aryl methyl sites for hydroxylation is 1. The largest absolute Gasteiger partial charge is 0.466 e.